The summed E-state index contributed by atoms with van der Waals surface area (Å²) in [5, 5.41) is 8.81. The Morgan fingerprint density at radius 1 is 0.966 bits per heavy atom. The molecule has 2 saturated heterocycles. The third kappa shape index (κ3) is 4.16. The van der Waals surface area contributed by atoms with Crippen molar-refractivity contribution in [3.63, 3.8) is 0 Å². The minimum atomic E-state index is -0.828. The third-order valence-electron chi connectivity index (χ3n) is 5.79. The monoisotopic (exact) mass is 401 g/mol. The molecular weight excluding hydrogens is 376 g/mol. The van der Waals surface area contributed by atoms with Gasteiger partial charge in [-0.05, 0) is 50.5 Å². The Bertz CT molecular complexity index is 868. The van der Waals surface area contributed by atoms with Crippen LogP contribution in [0.25, 0.3) is 0 Å². The molecule has 1 amide bonds. The molecule has 0 spiro atoms. The standard InChI is InChI=1S/C21H25F2N5O/c1-15-4-2-3-9-28(15)20-8-7-19(24-25-20)26-10-12-27(13-11-26)21(29)17-6-5-16(22)14-18(17)23/h5-8,14-15H,2-4,9-13H2,1H3. The Morgan fingerprint density at radius 2 is 1.69 bits per heavy atom. The van der Waals surface area contributed by atoms with Crippen molar-refractivity contribution in [1.82, 2.24) is 15.1 Å². The highest BCUT2D eigenvalue weighted by molar-refractivity contribution is 5.94. The van der Waals surface area contributed by atoms with E-state index in [1.54, 1.807) is 4.90 Å². The molecule has 3 heterocycles. The molecule has 4 rings (SSSR count). The maximum absolute atomic E-state index is 13.9. The van der Waals surface area contributed by atoms with Crippen LogP contribution in [0.2, 0.25) is 0 Å². The SMILES string of the molecule is CC1CCCCN1c1ccc(N2CCN(C(=O)c3ccc(F)cc3F)CC2)nn1. The summed E-state index contributed by atoms with van der Waals surface area (Å²) in [6, 6.07) is 7.50. The van der Waals surface area contributed by atoms with Crippen LogP contribution in [0, 0.1) is 11.6 Å². The number of carbonyl (C=O) groups is 1. The van der Waals surface area contributed by atoms with Crippen molar-refractivity contribution in [3.8, 4) is 0 Å². The molecule has 1 atom stereocenters. The lowest BCUT2D eigenvalue weighted by molar-refractivity contribution is 0.0741. The van der Waals surface area contributed by atoms with Crippen LogP contribution in [-0.2, 0) is 0 Å². The minimum Gasteiger partial charge on any atom is -0.352 e. The zero-order valence-electron chi connectivity index (χ0n) is 16.5. The number of halogens is 2. The average molecular weight is 401 g/mol. The van der Waals surface area contributed by atoms with Gasteiger partial charge in [0.1, 0.15) is 11.6 Å². The molecular formula is C21H25F2N5O. The van der Waals surface area contributed by atoms with E-state index < -0.39 is 17.5 Å². The predicted molar refractivity (Wildman–Crippen MR) is 107 cm³/mol. The predicted octanol–water partition coefficient (Wildman–Crippen LogP) is 3.10. The van der Waals surface area contributed by atoms with Crippen molar-refractivity contribution in [1.29, 1.82) is 0 Å². The van der Waals surface area contributed by atoms with Crippen LogP contribution < -0.4 is 9.80 Å². The lowest BCUT2D eigenvalue weighted by Gasteiger charge is -2.36. The van der Waals surface area contributed by atoms with Gasteiger partial charge in [-0.25, -0.2) is 8.78 Å². The van der Waals surface area contributed by atoms with Gasteiger partial charge in [0.05, 0.1) is 5.56 Å². The number of piperidine rings is 1. The Kier molecular flexibility index (Phi) is 5.60. The number of aromatic nitrogens is 2. The molecule has 0 radical (unpaired) electrons. The Morgan fingerprint density at radius 3 is 2.34 bits per heavy atom. The van der Waals surface area contributed by atoms with Crippen LogP contribution in [0.4, 0.5) is 20.4 Å². The van der Waals surface area contributed by atoms with E-state index in [0.717, 1.165) is 30.3 Å². The highest BCUT2D eigenvalue weighted by Crippen LogP contribution is 2.24. The first-order chi connectivity index (χ1) is 14.0. The van der Waals surface area contributed by atoms with Gasteiger partial charge in [0, 0.05) is 44.8 Å². The van der Waals surface area contributed by atoms with E-state index in [1.807, 2.05) is 12.1 Å². The van der Waals surface area contributed by atoms with Crippen molar-refractivity contribution < 1.29 is 13.6 Å². The number of hydrogen-bond acceptors (Lipinski definition) is 5. The second kappa shape index (κ2) is 8.31. The van der Waals surface area contributed by atoms with Crippen LogP contribution in [0.1, 0.15) is 36.5 Å². The first-order valence-corrected chi connectivity index (χ1v) is 10.1. The third-order valence-corrected chi connectivity index (χ3v) is 5.79. The molecule has 2 aromatic rings. The Hall–Kier alpha value is -2.77. The Labute approximate surface area is 169 Å². The molecule has 8 heteroatoms. The normalized spacial score (nSPS) is 20.1. The van der Waals surface area contributed by atoms with Gasteiger partial charge in [0.2, 0.25) is 0 Å². The van der Waals surface area contributed by atoms with Crippen LogP contribution in [0.3, 0.4) is 0 Å². The second-order valence-electron chi connectivity index (χ2n) is 7.69. The van der Waals surface area contributed by atoms with Crippen molar-refractivity contribution in [3.05, 3.63) is 47.5 Å². The molecule has 1 aromatic carbocycles. The van der Waals surface area contributed by atoms with Gasteiger partial charge in [-0.3, -0.25) is 4.79 Å². The van der Waals surface area contributed by atoms with Crippen molar-refractivity contribution >= 4 is 17.5 Å². The zero-order valence-corrected chi connectivity index (χ0v) is 16.5. The number of rotatable bonds is 3. The van der Waals surface area contributed by atoms with E-state index in [1.165, 1.54) is 25.3 Å². The van der Waals surface area contributed by atoms with E-state index >= 15 is 0 Å². The van der Waals surface area contributed by atoms with Gasteiger partial charge >= 0.3 is 0 Å². The Balaban J connectivity index is 1.37. The highest BCUT2D eigenvalue weighted by Gasteiger charge is 2.25. The zero-order chi connectivity index (χ0) is 20.4. The molecule has 0 bridgehead atoms. The fraction of sp³-hybridized carbons (Fsp3) is 0.476. The largest absolute Gasteiger partial charge is 0.352 e. The van der Waals surface area contributed by atoms with Crippen molar-refractivity contribution in [2.75, 3.05) is 42.5 Å². The van der Waals surface area contributed by atoms with Gasteiger partial charge in [0.25, 0.3) is 5.91 Å². The summed E-state index contributed by atoms with van der Waals surface area (Å²) in [7, 11) is 0. The molecule has 2 fully saturated rings. The molecule has 0 N–H and O–H groups in total. The fourth-order valence-electron chi connectivity index (χ4n) is 4.05. The van der Waals surface area contributed by atoms with Crippen LogP contribution >= 0.6 is 0 Å². The van der Waals surface area contributed by atoms with E-state index in [-0.39, 0.29) is 5.56 Å². The minimum absolute atomic E-state index is 0.0976. The molecule has 2 aliphatic rings. The first kappa shape index (κ1) is 19.5. The lowest BCUT2D eigenvalue weighted by Crippen LogP contribution is -2.49. The van der Waals surface area contributed by atoms with Gasteiger partial charge in [-0.1, -0.05) is 0 Å². The molecule has 0 saturated carbocycles. The molecule has 1 aromatic heterocycles. The molecule has 1 unspecified atom stereocenters. The quantitative estimate of drug-likeness (QED) is 0.791. The maximum Gasteiger partial charge on any atom is 0.256 e. The summed E-state index contributed by atoms with van der Waals surface area (Å²) in [6.45, 7) is 5.29. The van der Waals surface area contributed by atoms with Crippen LogP contribution in [0.15, 0.2) is 30.3 Å². The number of hydrogen-bond donors (Lipinski definition) is 0. The number of anilines is 2. The van der Waals surface area contributed by atoms with Gasteiger partial charge in [0.15, 0.2) is 11.6 Å². The van der Waals surface area contributed by atoms with Crippen LogP contribution in [0.5, 0.6) is 0 Å². The number of benzene rings is 1. The van der Waals surface area contributed by atoms with Crippen LogP contribution in [-0.4, -0.2) is 59.8 Å². The molecule has 154 valence electrons. The summed E-state index contributed by atoms with van der Waals surface area (Å²) < 4.78 is 27.0. The summed E-state index contributed by atoms with van der Waals surface area (Å²) in [4.78, 5) is 18.5. The van der Waals surface area contributed by atoms with Gasteiger partial charge in [-0.2, -0.15) is 0 Å². The number of nitrogens with zero attached hydrogens (tertiary/aromatic N) is 5. The highest BCUT2D eigenvalue weighted by atomic mass is 19.1. The number of carbonyl (C=O) groups excluding carboxylic acids is 1. The smallest absolute Gasteiger partial charge is 0.256 e. The molecule has 2 aliphatic heterocycles. The summed E-state index contributed by atoms with van der Waals surface area (Å²) in [6.07, 6.45) is 3.61. The van der Waals surface area contributed by atoms with E-state index in [9.17, 15) is 13.6 Å². The van der Waals surface area contributed by atoms with E-state index in [0.29, 0.717) is 32.2 Å². The van der Waals surface area contributed by atoms with E-state index in [2.05, 4.69) is 26.9 Å². The molecule has 0 aliphatic carbocycles. The number of piperazine rings is 1. The van der Waals surface area contributed by atoms with Crippen molar-refractivity contribution in [2.24, 2.45) is 0 Å². The molecule has 6 nitrogen and oxygen atoms in total. The summed E-state index contributed by atoms with van der Waals surface area (Å²) in [5.41, 5.74) is -0.0976. The second-order valence-corrected chi connectivity index (χ2v) is 7.69. The summed E-state index contributed by atoms with van der Waals surface area (Å²) in [5.74, 6) is -0.252. The lowest BCUT2D eigenvalue weighted by atomic mass is 10.0. The number of amides is 1. The van der Waals surface area contributed by atoms with Crippen molar-refractivity contribution in [2.45, 2.75) is 32.2 Å². The first-order valence-electron chi connectivity index (χ1n) is 10.1. The van der Waals surface area contributed by atoms with Gasteiger partial charge in [-0.15, -0.1) is 10.2 Å². The average Bonchev–Trinajstić information content (AvgIpc) is 2.74. The fourth-order valence-corrected chi connectivity index (χ4v) is 4.05. The van der Waals surface area contributed by atoms with E-state index in [4.69, 9.17) is 0 Å². The molecule has 29 heavy (non-hydrogen) atoms. The summed E-state index contributed by atoms with van der Waals surface area (Å²) >= 11 is 0. The topological polar surface area (TPSA) is 52.6 Å². The maximum atomic E-state index is 13.9. The van der Waals surface area contributed by atoms with Gasteiger partial charge < -0.3 is 14.7 Å².